The number of likely N-dealkylation sites (N-methyl/N-ethyl adjacent to an activating group) is 1. The highest BCUT2D eigenvalue weighted by Crippen LogP contribution is 2.44. The Bertz CT molecular complexity index is 789. The predicted octanol–water partition coefficient (Wildman–Crippen LogP) is 6.15. The highest BCUT2D eigenvalue weighted by atomic mass is 19.4. The van der Waals surface area contributed by atoms with Crippen LogP contribution in [0.1, 0.15) is 68.2 Å². The molecule has 6 heteroatoms. The Labute approximate surface area is 183 Å². The van der Waals surface area contributed by atoms with E-state index in [4.69, 9.17) is 4.74 Å². The van der Waals surface area contributed by atoms with Crippen LogP contribution in [0, 0.1) is 0 Å². The van der Waals surface area contributed by atoms with E-state index in [1.807, 2.05) is 19.2 Å². The molecule has 1 saturated heterocycles. The Balaban J connectivity index is 0.000000176. The maximum Gasteiger partial charge on any atom is 0.416 e. The fraction of sp³-hybridized carbons (Fsp3) is 0.560. The number of pyridine rings is 1. The molecule has 1 N–H and O–H groups in total. The van der Waals surface area contributed by atoms with Crippen molar-refractivity contribution >= 4 is 0 Å². The molecule has 170 valence electrons. The molecule has 31 heavy (non-hydrogen) atoms. The maximum atomic E-state index is 12.3. The molecule has 2 fully saturated rings. The standard InChI is InChI=1S/C14H19NO.C11H14F3N/c1-4-9-15-13(5-1)12-6-10-16-14(11-12)7-2-3-8-14;1-2-15-7-6-9-4-3-5-10(8-9)11(12,13)14/h1,4-5,9,12H,2-3,6-8,10-11H2;3-5,8,15H,2,6-7H2,1H3. The van der Waals surface area contributed by atoms with E-state index < -0.39 is 11.7 Å². The van der Waals surface area contributed by atoms with Gasteiger partial charge in [-0.3, -0.25) is 4.98 Å². The van der Waals surface area contributed by atoms with Crippen LogP contribution in [0.3, 0.4) is 0 Å². The summed E-state index contributed by atoms with van der Waals surface area (Å²) in [5.41, 5.74) is 1.61. The number of nitrogens with one attached hydrogen (secondary N) is 1. The molecule has 2 aromatic rings. The number of halogens is 3. The zero-order chi connectivity index (χ0) is 22.2. The van der Waals surface area contributed by atoms with Crippen LogP contribution in [0.25, 0.3) is 0 Å². The number of ether oxygens (including phenoxy) is 1. The molecule has 2 aliphatic rings. The van der Waals surface area contributed by atoms with Crippen molar-refractivity contribution in [1.29, 1.82) is 0 Å². The second-order valence-electron chi connectivity index (χ2n) is 8.48. The van der Waals surface area contributed by atoms with E-state index in [0.717, 1.165) is 25.6 Å². The van der Waals surface area contributed by atoms with Crippen LogP contribution in [-0.4, -0.2) is 30.3 Å². The van der Waals surface area contributed by atoms with E-state index in [1.54, 1.807) is 6.07 Å². The van der Waals surface area contributed by atoms with Gasteiger partial charge in [-0.15, -0.1) is 0 Å². The quantitative estimate of drug-likeness (QED) is 0.574. The van der Waals surface area contributed by atoms with Gasteiger partial charge in [0, 0.05) is 24.4 Å². The highest BCUT2D eigenvalue weighted by molar-refractivity contribution is 5.25. The monoisotopic (exact) mass is 434 g/mol. The molecule has 1 aromatic heterocycles. The Morgan fingerprint density at radius 3 is 2.61 bits per heavy atom. The molecule has 4 rings (SSSR count). The van der Waals surface area contributed by atoms with Crippen molar-refractivity contribution in [2.45, 2.75) is 69.6 Å². The lowest BCUT2D eigenvalue weighted by Crippen LogP contribution is -2.36. The number of alkyl halides is 3. The van der Waals surface area contributed by atoms with Gasteiger partial charge in [0.05, 0.1) is 11.2 Å². The molecule has 3 nitrogen and oxygen atoms in total. The van der Waals surface area contributed by atoms with Gasteiger partial charge in [-0.1, -0.05) is 44.0 Å². The fourth-order valence-electron chi connectivity index (χ4n) is 4.58. The minimum atomic E-state index is -4.24. The van der Waals surface area contributed by atoms with Crippen LogP contribution < -0.4 is 5.32 Å². The van der Waals surface area contributed by atoms with Crippen LogP contribution >= 0.6 is 0 Å². The number of benzene rings is 1. The number of nitrogens with zero attached hydrogens (tertiary/aromatic N) is 1. The van der Waals surface area contributed by atoms with Crippen molar-refractivity contribution in [1.82, 2.24) is 10.3 Å². The lowest BCUT2D eigenvalue weighted by atomic mass is 9.83. The third-order valence-electron chi connectivity index (χ3n) is 6.21. The summed E-state index contributed by atoms with van der Waals surface area (Å²) in [6.45, 7) is 4.42. The second-order valence-corrected chi connectivity index (χ2v) is 8.48. The molecule has 1 unspecified atom stereocenters. The summed E-state index contributed by atoms with van der Waals surface area (Å²) in [5, 5.41) is 3.07. The molecular formula is C25H33F3N2O. The first kappa shape index (κ1) is 23.7. The van der Waals surface area contributed by atoms with E-state index in [-0.39, 0.29) is 5.60 Å². The molecule has 1 saturated carbocycles. The van der Waals surface area contributed by atoms with Gasteiger partial charge in [-0.05, 0) is 69.0 Å². The molecule has 1 aliphatic carbocycles. The van der Waals surface area contributed by atoms with E-state index >= 15 is 0 Å². The van der Waals surface area contributed by atoms with Crippen molar-refractivity contribution in [3.8, 4) is 0 Å². The topological polar surface area (TPSA) is 34.1 Å². The summed E-state index contributed by atoms with van der Waals surface area (Å²) in [5.74, 6) is 0.619. The molecule has 0 radical (unpaired) electrons. The van der Waals surface area contributed by atoms with E-state index in [0.29, 0.717) is 24.4 Å². The SMILES string of the molecule is CCNCCc1cccc(C(F)(F)F)c1.c1ccc(C2CCOC3(CCCC3)C2)nc1. The van der Waals surface area contributed by atoms with Gasteiger partial charge in [0.15, 0.2) is 0 Å². The fourth-order valence-corrected chi connectivity index (χ4v) is 4.58. The minimum Gasteiger partial charge on any atom is -0.375 e. The molecule has 0 amide bonds. The van der Waals surface area contributed by atoms with E-state index in [2.05, 4.69) is 22.4 Å². The van der Waals surface area contributed by atoms with Gasteiger partial charge in [-0.2, -0.15) is 13.2 Å². The number of hydrogen-bond donors (Lipinski definition) is 1. The lowest BCUT2D eigenvalue weighted by Gasteiger charge is -2.38. The molecule has 1 aromatic carbocycles. The van der Waals surface area contributed by atoms with Crippen LogP contribution in [-0.2, 0) is 17.3 Å². The van der Waals surface area contributed by atoms with Gasteiger partial charge in [0.25, 0.3) is 0 Å². The van der Waals surface area contributed by atoms with Crippen molar-refractivity contribution in [2.24, 2.45) is 0 Å². The first-order valence-corrected chi connectivity index (χ1v) is 11.3. The summed E-state index contributed by atoms with van der Waals surface area (Å²) in [6.07, 6.45) is 5.82. The van der Waals surface area contributed by atoms with Crippen molar-refractivity contribution < 1.29 is 17.9 Å². The molecule has 0 bridgehead atoms. The third kappa shape index (κ3) is 7.04. The van der Waals surface area contributed by atoms with Gasteiger partial charge in [-0.25, -0.2) is 0 Å². The summed E-state index contributed by atoms with van der Waals surface area (Å²) in [7, 11) is 0. The molecule has 2 heterocycles. The average molecular weight is 435 g/mol. The lowest BCUT2D eigenvalue weighted by molar-refractivity contribution is -0.137. The first-order valence-electron chi connectivity index (χ1n) is 11.3. The molecule has 1 aliphatic heterocycles. The Morgan fingerprint density at radius 1 is 1.13 bits per heavy atom. The maximum absolute atomic E-state index is 12.3. The largest absolute Gasteiger partial charge is 0.416 e. The molecule has 1 spiro atoms. The van der Waals surface area contributed by atoms with Gasteiger partial charge >= 0.3 is 6.18 Å². The van der Waals surface area contributed by atoms with Crippen LogP contribution in [0.15, 0.2) is 48.7 Å². The van der Waals surface area contributed by atoms with E-state index in [9.17, 15) is 13.2 Å². The van der Waals surface area contributed by atoms with Crippen molar-refractivity contribution in [3.63, 3.8) is 0 Å². The number of aromatic nitrogens is 1. The van der Waals surface area contributed by atoms with Crippen LogP contribution in [0.2, 0.25) is 0 Å². The van der Waals surface area contributed by atoms with Gasteiger partial charge < -0.3 is 10.1 Å². The third-order valence-corrected chi connectivity index (χ3v) is 6.21. The number of hydrogen-bond acceptors (Lipinski definition) is 3. The summed E-state index contributed by atoms with van der Waals surface area (Å²) < 4.78 is 43.1. The first-order chi connectivity index (χ1) is 14.9. The van der Waals surface area contributed by atoms with E-state index in [1.165, 1.54) is 49.9 Å². The van der Waals surface area contributed by atoms with Crippen molar-refractivity contribution in [3.05, 3.63) is 65.5 Å². The zero-order valence-corrected chi connectivity index (χ0v) is 18.3. The second kappa shape index (κ2) is 11.1. The van der Waals surface area contributed by atoms with Gasteiger partial charge in [0.1, 0.15) is 0 Å². The average Bonchev–Trinajstić information content (AvgIpc) is 3.22. The summed E-state index contributed by atoms with van der Waals surface area (Å²) in [6, 6.07) is 11.7. The Kier molecular flexibility index (Phi) is 8.50. The van der Waals surface area contributed by atoms with Gasteiger partial charge in [0.2, 0.25) is 0 Å². The predicted molar refractivity (Wildman–Crippen MR) is 117 cm³/mol. The van der Waals surface area contributed by atoms with Crippen molar-refractivity contribution in [2.75, 3.05) is 19.7 Å². The Morgan fingerprint density at radius 2 is 1.94 bits per heavy atom. The van der Waals surface area contributed by atoms with Crippen LogP contribution in [0.4, 0.5) is 13.2 Å². The smallest absolute Gasteiger partial charge is 0.375 e. The Hall–Kier alpha value is -1.92. The number of rotatable bonds is 5. The normalized spacial score (nSPS) is 20.3. The molecule has 1 atom stereocenters. The molecular weight excluding hydrogens is 401 g/mol. The van der Waals surface area contributed by atoms with Crippen LogP contribution in [0.5, 0.6) is 0 Å². The summed E-state index contributed by atoms with van der Waals surface area (Å²) in [4.78, 5) is 4.50. The zero-order valence-electron chi connectivity index (χ0n) is 18.3. The minimum absolute atomic E-state index is 0.209. The highest BCUT2D eigenvalue weighted by Gasteiger charge is 2.40. The summed E-state index contributed by atoms with van der Waals surface area (Å²) >= 11 is 0.